The van der Waals surface area contributed by atoms with Gasteiger partial charge in [0.25, 0.3) is 11.5 Å². The third-order valence-electron chi connectivity index (χ3n) is 3.98. The molecule has 126 valence electrons. The third-order valence-corrected chi connectivity index (χ3v) is 3.98. The van der Waals surface area contributed by atoms with Crippen LogP contribution in [-0.4, -0.2) is 15.5 Å². The van der Waals surface area contributed by atoms with Gasteiger partial charge in [-0.2, -0.15) is 0 Å². The molecule has 0 fully saturated rings. The van der Waals surface area contributed by atoms with Crippen LogP contribution in [0.25, 0.3) is 11.3 Å². The summed E-state index contributed by atoms with van der Waals surface area (Å²) in [6.07, 6.45) is 1.64. The fraction of sp³-hybridized carbons (Fsp3) is 0.150. The van der Waals surface area contributed by atoms with Gasteiger partial charge in [0.05, 0.1) is 22.6 Å². The zero-order valence-electron chi connectivity index (χ0n) is 14.2. The van der Waals surface area contributed by atoms with Crippen molar-refractivity contribution in [3.05, 3.63) is 82.4 Å². The highest BCUT2D eigenvalue weighted by Gasteiger charge is 2.12. The van der Waals surface area contributed by atoms with Crippen molar-refractivity contribution < 1.29 is 4.79 Å². The van der Waals surface area contributed by atoms with Gasteiger partial charge in [0.1, 0.15) is 0 Å². The molecule has 0 bridgehead atoms. The summed E-state index contributed by atoms with van der Waals surface area (Å²) in [6, 6.07) is 16.5. The lowest BCUT2D eigenvalue weighted by Crippen LogP contribution is -2.20. The summed E-state index contributed by atoms with van der Waals surface area (Å²) >= 11 is 0. The summed E-state index contributed by atoms with van der Waals surface area (Å²) in [7, 11) is 0. The maximum Gasteiger partial charge on any atom is 0.257 e. The minimum atomic E-state index is -0.245. The van der Waals surface area contributed by atoms with Crippen LogP contribution in [0.4, 0.5) is 5.69 Å². The Bertz CT molecular complexity index is 962. The van der Waals surface area contributed by atoms with Crippen molar-refractivity contribution in [2.45, 2.75) is 20.4 Å². The monoisotopic (exact) mass is 333 g/mol. The largest absolute Gasteiger partial charge is 0.321 e. The summed E-state index contributed by atoms with van der Waals surface area (Å²) in [6.45, 7) is 4.24. The van der Waals surface area contributed by atoms with Crippen LogP contribution in [-0.2, 0) is 6.54 Å². The Kier molecular flexibility index (Phi) is 4.75. The van der Waals surface area contributed by atoms with Crippen LogP contribution in [0.3, 0.4) is 0 Å². The molecule has 5 heteroatoms. The summed E-state index contributed by atoms with van der Waals surface area (Å²) in [5.41, 5.74) is 3.49. The molecule has 0 saturated heterocycles. The van der Waals surface area contributed by atoms with Gasteiger partial charge in [0.2, 0.25) is 0 Å². The van der Waals surface area contributed by atoms with Crippen molar-refractivity contribution in [2.75, 3.05) is 5.32 Å². The number of pyridine rings is 2. The van der Waals surface area contributed by atoms with Gasteiger partial charge < -0.3 is 9.88 Å². The molecule has 0 spiro atoms. The number of amides is 1. The number of aryl methyl sites for hydroxylation is 2. The Labute approximate surface area is 146 Å². The molecule has 1 amide bonds. The molecule has 2 heterocycles. The number of hydrogen-bond donors (Lipinski definition) is 1. The number of hydrogen-bond acceptors (Lipinski definition) is 3. The van der Waals surface area contributed by atoms with Crippen LogP contribution in [0, 0.1) is 6.92 Å². The second-order valence-electron chi connectivity index (χ2n) is 5.69. The van der Waals surface area contributed by atoms with Gasteiger partial charge in [-0.1, -0.05) is 30.3 Å². The minimum Gasteiger partial charge on any atom is -0.321 e. The molecule has 0 aliphatic carbocycles. The molecule has 1 N–H and O–H groups in total. The second kappa shape index (κ2) is 7.13. The van der Waals surface area contributed by atoms with Crippen molar-refractivity contribution in [1.82, 2.24) is 9.55 Å². The maximum absolute atomic E-state index is 12.5. The van der Waals surface area contributed by atoms with Crippen LogP contribution < -0.4 is 10.9 Å². The Hall–Kier alpha value is -3.21. The number of carbonyl (C=O) groups excluding carboxylic acids is 1. The molecule has 2 aromatic heterocycles. The van der Waals surface area contributed by atoms with Gasteiger partial charge in [-0.05, 0) is 32.0 Å². The Morgan fingerprint density at radius 1 is 1.08 bits per heavy atom. The second-order valence-corrected chi connectivity index (χ2v) is 5.69. The van der Waals surface area contributed by atoms with Crippen LogP contribution in [0.1, 0.15) is 23.0 Å². The van der Waals surface area contributed by atoms with Gasteiger partial charge >= 0.3 is 0 Å². The summed E-state index contributed by atoms with van der Waals surface area (Å²) in [5, 5.41) is 2.82. The average Bonchev–Trinajstić information content (AvgIpc) is 2.63. The zero-order chi connectivity index (χ0) is 17.8. The summed E-state index contributed by atoms with van der Waals surface area (Å²) in [5.74, 6) is -0.245. The van der Waals surface area contributed by atoms with Crippen molar-refractivity contribution in [1.29, 1.82) is 0 Å². The van der Waals surface area contributed by atoms with E-state index in [0.29, 0.717) is 23.5 Å². The number of nitrogens with zero attached hydrogens (tertiary/aromatic N) is 2. The first-order valence-electron chi connectivity index (χ1n) is 8.13. The number of aromatic nitrogens is 2. The normalized spacial score (nSPS) is 10.5. The predicted octanol–water partition coefficient (Wildman–Crippen LogP) is 3.49. The van der Waals surface area contributed by atoms with Crippen LogP contribution >= 0.6 is 0 Å². The lowest BCUT2D eigenvalue weighted by Gasteiger charge is -2.10. The Morgan fingerprint density at radius 2 is 1.84 bits per heavy atom. The highest BCUT2D eigenvalue weighted by atomic mass is 16.1. The smallest absolute Gasteiger partial charge is 0.257 e. The van der Waals surface area contributed by atoms with E-state index in [-0.39, 0.29) is 11.5 Å². The van der Waals surface area contributed by atoms with E-state index in [1.54, 1.807) is 22.9 Å². The van der Waals surface area contributed by atoms with Gasteiger partial charge in [-0.25, -0.2) is 0 Å². The highest BCUT2D eigenvalue weighted by Crippen LogP contribution is 2.19. The molecule has 5 nitrogen and oxygen atoms in total. The summed E-state index contributed by atoms with van der Waals surface area (Å²) in [4.78, 5) is 28.7. The molecule has 25 heavy (non-hydrogen) atoms. The van der Waals surface area contributed by atoms with E-state index in [2.05, 4.69) is 10.3 Å². The SMILES string of the molecule is CCn1cc(NC(=O)c2ccc(-c3ccccc3)nc2C)ccc1=O. The van der Waals surface area contributed by atoms with Crippen molar-refractivity contribution in [3.8, 4) is 11.3 Å². The Balaban J connectivity index is 1.84. The predicted molar refractivity (Wildman–Crippen MR) is 98.7 cm³/mol. The lowest BCUT2D eigenvalue weighted by molar-refractivity contribution is 0.102. The lowest BCUT2D eigenvalue weighted by atomic mass is 10.1. The molecular weight excluding hydrogens is 314 g/mol. The molecule has 0 atom stereocenters. The molecule has 1 aromatic carbocycles. The third kappa shape index (κ3) is 3.66. The first-order chi connectivity index (χ1) is 12.1. The molecule has 0 aliphatic rings. The Morgan fingerprint density at radius 3 is 2.52 bits per heavy atom. The van der Waals surface area contributed by atoms with E-state index >= 15 is 0 Å². The van der Waals surface area contributed by atoms with Gasteiger partial charge in [0, 0.05) is 24.4 Å². The van der Waals surface area contributed by atoms with Gasteiger partial charge in [-0.15, -0.1) is 0 Å². The van der Waals surface area contributed by atoms with E-state index in [4.69, 9.17) is 0 Å². The fourth-order valence-electron chi connectivity index (χ4n) is 2.62. The van der Waals surface area contributed by atoms with Crippen molar-refractivity contribution >= 4 is 11.6 Å². The van der Waals surface area contributed by atoms with E-state index in [1.807, 2.05) is 50.2 Å². The number of benzene rings is 1. The van der Waals surface area contributed by atoms with Crippen LogP contribution in [0.5, 0.6) is 0 Å². The topological polar surface area (TPSA) is 64.0 Å². The maximum atomic E-state index is 12.5. The molecule has 0 unspecified atom stereocenters. The van der Waals surface area contributed by atoms with Crippen LogP contribution in [0.15, 0.2) is 65.6 Å². The molecule has 0 saturated carbocycles. The number of carbonyl (C=O) groups is 1. The number of rotatable bonds is 4. The first kappa shape index (κ1) is 16.6. The quantitative estimate of drug-likeness (QED) is 0.795. The van der Waals surface area contributed by atoms with Crippen LogP contribution in [0.2, 0.25) is 0 Å². The summed E-state index contributed by atoms with van der Waals surface area (Å²) < 4.78 is 1.54. The highest BCUT2D eigenvalue weighted by molar-refractivity contribution is 6.05. The minimum absolute atomic E-state index is 0.0921. The molecule has 3 aromatic rings. The molecule has 3 rings (SSSR count). The fourth-order valence-corrected chi connectivity index (χ4v) is 2.62. The standard InChI is InChI=1S/C20H19N3O2/c1-3-23-13-16(9-12-19(23)24)22-20(25)17-10-11-18(21-14(17)2)15-7-5-4-6-8-15/h4-13H,3H2,1-2H3,(H,22,25). The van der Waals surface area contributed by atoms with Gasteiger partial charge in [0.15, 0.2) is 0 Å². The zero-order valence-corrected chi connectivity index (χ0v) is 14.2. The van der Waals surface area contributed by atoms with Gasteiger partial charge in [-0.3, -0.25) is 14.6 Å². The van der Waals surface area contributed by atoms with Crippen molar-refractivity contribution in [2.24, 2.45) is 0 Å². The van der Waals surface area contributed by atoms with E-state index < -0.39 is 0 Å². The number of nitrogens with one attached hydrogen (secondary N) is 1. The van der Waals surface area contributed by atoms with E-state index in [1.165, 1.54) is 6.07 Å². The first-order valence-corrected chi connectivity index (χ1v) is 8.13. The molecule has 0 radical (unpaired) electrons. The molecular formula is C20H19N3O2. The number of anilines is 1. The molecule has 0 aliphatic heterocycles. The average molecular weight is 333 g/mol. The van der Waals surface area contributed by atoms with Crippen molar-refractivity contribution in [3.63, 3.8) is 0 Å². The van der Waals surface area contributed by atoms with E-state index in [0.717, 1.165) is 11.3 Å². The van der Waals surface area contributed by atoms with E-state index in [9.17, 15) is 9.59 Å².